The number of carbonyl (C=O) groups excluding carboxylic acids is 1. The van der Waals surface area contributed by atoms with Crippen LogP contribution in [-0.4, -0.2) is 23.0 Å². The van der Waals surface area contributed by atoms with Crippen LogP contribution in [0.4, 0.5) is 5.69 Å². The highest BCUT2D eigenvalue weighted by Crippen LogP contribution is 2.36. The van der Waals surface area contributed by atoms with Crippen molar-refractivity contribution >= 4 is 11.6 Å². The fourth-order valence-electron chi connectivity index (χ4n) is 3.80. The van der Waals surface area contributed by atoms with Crippen molar-refractivity contribution in [3.63, 3.8) is 0 Å². The highest BCUT2D eigenvalue weighted by molar-refractivity contribution is 5.93. The maximum atomic E-state index is 11.6. The van der Waals surface area contributed by atoms with Gasteiger partial charge in [-0.05, 0) is 61.6 Å². The highest BCUT2D eigenvalue weighted by atomic mass is 16.5. The molecule has 0 atom stereocenters. The minimum absolute atomic E-state index is 0.277. The lowest BCUT2D eigenvalue weighted by Gasteiger charge is -2.27. The molecule has 172 valence electrons. The number of aromatic nitrogens is 1. The molecular weight excluding hydrogens is 418 g/mol. The highest BCUT2D eigenvalue weighted by Gasteiger charge is 2.19. The number of nitrogens with one attached hydrogen (secondary N) is 1. The number of pyridine rings is 1. The molecule has 1 amide bonds. The van der Waals surface area contributed by atoms with Crippen LogP contribution in [0, 0.1) is 0 Å². The Bertz CT molecular complexity index is 1100. The maximum Gasteiger partial charge on any atom is 0.263 e. The van der Waals surface area contributed by atoms with Gasteiger partial charge in [0, 0.05) is 30.3 Å². The molecule has 0 bridgehead atoms. The minimum atomic E-state index is -0.527. The molecule has 1 aliphatic carbocycles. The summed E-state index contributed by atoms with van der Waals surface area (Å²) in [4.78, 5) is 16.1. The number of amides is 1. The Balaban J connectivity index is 1.59. The standard InChI is InChI=1S/C25H29N5O3/c26-14-16-4-10-21(11-5-16)33-25-23(32-22-3-1-2-17(12-22)24(28)31)13-20(15-29-25)30-19-8-6-18(27)7-9-19/h1-5,10-13,15,18-19,30H,6-9,14,26-27H2,(H2,28,31). The topological polar surface area (TPSA) is 139 Å². The van der Waals surface area contributed by atoms with Crippen LogP contribution in [0.1, 0.15) is 41.6 Å². The van der Waals surface area contributed by atoms with Crippen molar-refractivity contribution < 1.29 is 14.3 Å². The molecular formula is C25H29N5O3. The van der Waals surface area contributed by atoms with Crippen LogP contribution in [0.5, 0.6) is 23.1 Å². The van der Waals surface area contributed by atoms with Gasteiger partial charge in [0.15, 0.2) is 5.75 Å². The summed E-state index contributed by atoms with van der Waals surface area (Å²) in [5.74, 6) is 1.25. The summed E-state index contributed by atoms with van der Waals surface area (Å²) in [6, 6.07) is 16.6. The molecule has 4 rings (SSSR count). The Hall–Kier alpha value is -3.62. The first-order valence-corrected chi connectivity index (χ1v) is 11.1. The fourth-order valence-corrected chi connectivity index (χ4v) is 3.80. The molecule has 1 saturated carbocycles. The van der Waals surface area contributed by atoms with E-state index < -0.39 is 5.91 Å². The largest absolute Gasteiger partial charge is 0.452 e. The predicted molar refractivity (Wildman–Crippen MR) is 128 cm³/mol. The number of benzene rings is 2. The minimum Gasteiger partial charge on any atom is -0.452 e. The van der Waals surface area contributed by atoms with E-state index in [1.807, 2.05) is 30.3 Å². The zero-order chi connectivity index (χ0) is 23.2. The summed E-state index contributed by atoms with van der Waals surface area (Å²) in [5, 5.41) is 3.52. The van der Waals surface area contributed by atoms with Crippen LogP contribution in [0.3, 0.4) is 0 Å². The van der Waals surface area contributed by atoms with Gasteiger partial charge in [0.2, 0.25) is 5.91 Å². The maximum absolute atomic E-state index is 11.6. The van der Waals surface area contributed by atoms with Crippen molar-refractivity contribution in [3.05, 3.63) is 71.9 Å². The summed E-state index contributed by atoms with van der Waals surface area (Å²) in [7, 11) is 0. The van der Waals surface area contributed by atoms with Gasteiger partial charge in [-0.25, -0.2) is 4.98 Å². The molecule has 3 aromatic rings. The molecule has 0 unspecified atom stereocenters. The average molecular weight is 448 g/mol. The van der Waals surface area contributed by atoms with Crippen LogP contribution < -0.4 is 32.0 Å². The van der Waals surface area contributed by atoms with Gasteiger partial charge >= 0.3 is 0 Å². The Morgan fingerprint density at radius 1 is 1.00 bits per heavy atom. The molecule has 0 spiro atoms. The first kappa shape index (κ1) is 22.6. The second-order valence-electron chi connectivity index (χ2n) is 8.23. The number of hydrogen-bond donors (Lipinski definition) is 4. The Labute approximate surface area is 193 Å². The van der Waals surface area contributed by atoms with E-state index in [1.165, 1.54) is 0 Å². The Kier molecular flexibility index (Phi) is 7.07. The molecule has 1 aromatic heterocycles. The number of rotatable bonds is 8. The van der Waals surface area contributed by atoms with Gasteiger partial charge in [0.25, 0.3) is 5.88 Å². The van der Waals surface area contributed by atoms with E-state index >= 15 is 0 Å². The number of hydrogen-bond acceptors (Lipinski definition) is 7. The summed E-state index contributed by atoms with van der Waals surface area (Å²) < 4.78 is 12.1. The van der Waals surface area contributed by atoms with Crippen molar-refractivity contribution in [3.8, 4) is 23.1 Å². The van der Waals surface area contributed by atoms with Gasteiger partial charge < -0.3 is 32.0 Å². The lowest BCUT2D eigenvalue weighted by molar-refractivity contribution is 0.1000. The molecule has 8 nitrogen and oxygen atoms in total. The number of carbonyl (C=O) groups is 1. The van der Waals surface area contributed by atoms with Crippen LogP contribution in [0.25, 0.3) is 0 Å². The summed E-state index contributed by atoms with van der Waals surface area (Å²) in [6.45, 7) is 0.454. The molecule has 0 saturated heterocycles. The Morgan fingerprint density at radius 3 is 2.45 bits per heavy atom. The smallest absolute Gasteiger partial charge is 0.263 e. The van der Waals surface area contributed by atoms with Crippen molar-refractivity contribution in [2.24, 2.45) is 17.2 Å². The number of anilines is 1. The average Bonchev–Trinajstić information content (AvgIpc) is 2.83. The van der Waals surface area contributed by atoms with Gasteiger partial charge in [-0.2, -0.15) is 0 Å². The molecule has 1 fully saturated rings. The van der Waals surface area contributed by atoms with E-state index in [4.69, 9.17) is 26.7 Å². The number of ether oxygens (including phenoxy) is 2. The summed E-state index contributed by atoms with van der Waals surface area (Å²) >= 11 is 0. The molecule has 0 radical (unpaired) electrons. The van der Waals surface area contributed by atoms with Gasteiger partial charge in [0.1, 0.15) is 11.5 Å². The molecule has 8 heteroatoms. The second-order valence-corrected chi connectivity index (χ2v) is 8.23. The molecule has 2 aromatic carbocycles. The van der Waals surface area contributed by atoms with Crippen molar-refractivity contribution in [1.29, 1.82) is 0 Å². The van der Waals surface area contributed by atoms with Gasteiger partial charge in [-0.15, -0.1) is 0 Å². The third-order valence-electron chi connectivity index (χ3n) is 5.68. The van der Waals surface area contributed by atoms with Crippen molar-refractivity contribution in [1.82, 2.24) is 4.98 Å². The second kappa shape index (κ2) is 10.3. The lowest BCUT2D eigenvalue weighted by Crippen LogP contribution is -2.32. The Morgan fingerprint density at radius 2 is 1.76 bits per heavy atom. The number of primary amides is 1. The van der Waals surface area contributed by atoms with E-state index in [2.05, 4.69) is 10.3 Å². The molecule has 33 heavy (non-hydrogen) atoms. The first-order chi connectivity index (χ1) is 16.0. The summed E-state index contributed by atoms with van der Waals surface area (Å²) in [6.07, 6.45) is 5.72. The van der Waals surface area contributed by atoms with Gasteiger partial charge in [-0.1, -0.05) is 18.2 Å². The molecule has 0 aliphatic heterocycles. The van der Waals surface area contributed by atoms with E-state index in [0.29, 0.717) is 41.3 Å². The van der Waals surface area contributed by atoms with Crippen LogP contribution in [0.15, 0.2) is 60.8 Å². The van der Waals surface area contributed by atoms with E-state index in [-0.39, 0.29) is 6.04 Å². The monoisotopic (exact) mass is 447 g/mol. The molecule has 7 N–H and O–H groups in total. The van der Waals surface area contributed by atoms with Crippen LogP contribution >= 0.6 is 0 Å². The van der Waals surface area contributed by atoms with Crippen LogP contribution in [-0.2, 0) is 6.54 Å². The zero-order valence-electron chi connectivity index (χ0n) is 18.4. The van der Waals surface area contributed by atoms with Crippen molar-refractivity contribution in [2.45, 2.75) is 44.3 Å². The molecule has 1 heterocycles. The first-order valence-electron chi connectivity index (χ1n) is 11.1. The predicted octanol–water partition coefficient (Wildman–Crippen LogP) is 3.91. The van der Waals surface area contributed by atoms with E-state index in [0.717, 1.165) is 36.9 Å². The third kappa shape index (κ3) is 6.00. The third-order valence-corrected chi connectivity index (χ3v) is 5.68. The fraction of sp³-hybridized carbons (Fsp3) is 0.280. The summed E-state index contributed by atoms with van der Waals surface area (Å²) in [5.41, 5.74) is 19.3. The molecule has 1 aliphatic rings. The normalized spacial score (nSPS) is 17.9. The van der Waals surface area contributed by atoms with Crippen molar-refractivity contribution in [2.75, 3.05) is 5.32 Å². The number of nitrogens with two attached hydrogens (primary N) is 3. The lowest BCUT2D eigenvalue weighted by atomic mass is 9.92. The van der Waals surface area contributed by atoms with E-state index in [1.54, 1.807) is 30.5 Å². The van der Waals surface area contributed by atoms with Crippen LogP contribution in [0.2, 0.25) is 0 Å². The quantitative estimate of drug-likeness (QED) is 0.411. The van der Waals surface area contributed by atoms with Gasteiger partial charge in [0.05, 0.1) is 11.9 Å². The van der Waals surface area contributed by atoms with E-state index in [9.17, 15) is 4.79 Å². The number of nitrogens with zero attached hydrogens (tertiary/aromatic N) is 1. The van der Waals surface area contributed by atoms with Gasteiger partial charge in [-0.3, -0.25) is 4.79 Å². The SMILES string of the molecule is NCc1ccc(Oc2ncc(NC3CCC(N)CC3)cc2Oc2cccc(C(N)=O)c2)cc1. The zero-order valence-corrected chi connectivity index (χ0v) is 18.4.